The van der Waals surface area contributed by atoms with Crippen LogP contribution in [0, 0.1) is 0 Å². The highest BCUT2D eigenvalue weighted by atomic mass is 16.6. The van der Waals surface area contributed by atoms with Crippen molar-refractivity contribution in [3.8, 4) is 0 Å². The van der Waals surface area contributed by atoms with Gasteiger partial charge in [0.15, 0.2) is 12.2 Å². The molecule has 1 fully saturated rings. The van der Waals surface area contributed by atoms with Gasteiger partial charge in [0.2, 0.25) is 0 Å². The molecule has 2 bridgehead atoms. The van der Waals surface area contributed by atoms with E-state index >= 15 is 0 Å². The number of hydrogen-bond donors (Lipinski definition) is 0. The van der Waals surface area contributed by atoms with Gasteiger partial charge in [-0.25, -0.2) is 9.59 Å². The van der Waals surface area contributed by atoms with Crippen LogP contribution >= 0.6 is 0 Å². The third-order valence-corrected chi connectivity index (χ3v) is 7.01. The second kappa shape index (κ2) is 9.44. The average molecular weight is 476 g/mol. The molecular weight excluding hydrogens is 450 g/mol. The molecule has 4 atom stereocenters. The maximum atomic E-state index is 13.2. The van der Waals surface area contributed by atoms with Crippen LogP contribution in [-0.2, 0) is 16.0 Å². The SMILES string of the molecule is O=C(OC1C(OC(=O)c2ccccc2)C2c3ccccc3C1N2Cc1ccccc1)c1ccccc1. The number of carbonyl (C=O) groups excluding carboxylic acids is 2. The first-order chi connectivity index (χ1) is 17.7. The van der Waals surface area contributed by atoms with Gasteiger partial charge in [0.25, 0.3) is 0 Å². The highest BCUT2D eigenvalue weighted by Gasteiger charge is 2.59. The molecule has 5 nitrogen and oxygen atoms in total. The number of ether oxygens (including phenoxy) is 2. The highest BCUT2D eigenvalue weighted by Crippen LogP contribution is 2.56. The molecule has 0 radical (unpaired) electrons. The van der Waals surface area contributed by atoms with Gasteiger partial charge in [0.05, 0.1) is 23.2 Å². The van der Waals surface area contributed by atoms with Crippen LogP contribution in [0.1, 0.15) is 49.5 Å². The molecule has 4 aromatic rings. The normalized spacial score (nSPS) is 22.1. The van der Waals surface area contributed by atoms with Crippen molar-refractivity contribution in [2.75, 3.05) is 0 Å². The van der Waals surface area contributed by atoms with Crippen molar-refractivity contribution in [1.29, 1.82) is 0 Å². The van der Waals surface area contributed by atoms with Crippen LogP contribution < -0.4 is 0 Å². The number of hydrogen-bond acceptors (Lipinski definition) is 5. The van der Waals surface area contributed by atoms with E-state index in [2.05, 4.69) is 29.2 Å². The summed E-state index contributed by atoms with van der Waals surface area (Å²) in [6.07, 6.45) is -1.29. The quantitative estimate of drug-likeness (QED) is 0.333. The zero-order valence-electron chi connectivity index (χ0n) is 19.6. The molecule has 0 aliphatic carbocycles. The molecule has 0 saturated carbocycles. The zero-order valence-corrected chi connectivity index (χ0v) is 19.6. The molecule has 0 N–H and O–H groups in total. The monoisotopic (exact) mass is 475 g/mol. The summed E-state index contributed by atoms with van der Waals surface area (Å²) in [6.45, 7) is 0.642. The number of benzene rings is 4. The third kappa shape index (κ3) is 3.97. The Balaban J connectivity index is 1.39. The van der Waals surface area contributed by atoms with Gasteiger partial charge in [-0.2, -0.15) is 0 Å². The van der Waals surface area contributed by atoms with Gasteiger partial charge in [0.1, 0.15) is 0 Å². The van der Waals surface area contributed by atoms with Crippen molar-refractivity contribution in [3.05, 3.63) is 143 Å². The Morgan fingerprint density at radius 3 is 1.39 bits per heavy atom. The summed E-state index contributed by atoms with van der Waals surface area (Å²) in [4.78, 5) is 28.6. The van der Waals surface area contributed by atoms with Gasteiger partial charge in [-0.05, 0) is 41.0 Å². The van der Waals surface area contributed by atoms with Crippen molar-refractivity contribution in [1.82, 2.24) is 4.90 Å². The molecule has 2 heterocycles. The first-order valence-electron chi connectivity index (χ1n) is 12.1. The Morgan fingerprint density at radius 2 is 0.944 bits per heavy atom. The van der Waals surface area contributed by atoms with Gasteiger partial charge >= 0.3 is 11.9 Å². The minimum absolute atomic E-state index is 0.229. The van der Waals surface area contributed by atoms with Gasteiger partial charge in [-0.15, -0.1) is 0 Å². The average Bonchev–Trinajstić information content (AvgIpc) is 3.39. The van der Waals surface area contributed by atoms with Crippen molar-refractivity contribution in [2.45, 2.75) is 30.8 Å². The number of esters is 2. The molecule has 178 valence electrons. The molecule has 4 aromatic carbocycles. The van der Waals surface area contributed by atoms with E-state index in [1.54, 1.807) is 48.5 Å². The second-order valence-corrected chi connectivity index (χ2v) is 9.15. The molecular formula is C31H25NO4. The summed E-state index contributed by atoms with van der Waals surface area (Å²) in [7, 11) is 0. The standard InChI is InChI=1S/C31H25NO4/c33-30(22-14-6-2-7-15-22)35-28-26-24-18-10-11-19-25(24)27(32(26)20-21-12-4-1-5-13-21)29(28)36-31(34)23-16-8-3-9-17-23/h1-19,26-29H,20H2. The van der Waals surface area contributed by atoms with Crippen LogP contribution in [0.3, 0.4) is 0 Å². The van der Waals surface area contributed by atoms with Crippen LogP contribution in [0.2, 0.25) is 0 Å². The van der Waals surface area contributed by atoms with E-state index in [1.807, 2.05) is 42.5 Å². The Bertz CT molecular complexity index is 1290. The van der Waals surface area contributed by atoms with Crippen LogP contribution in [0.15, 0.2) is 115 Å². The number of fused-ring (bicyclic) bond motifs is 5. The Kier molecular flexibility index (Phi) is 5.84. The lowest BCUT2D eigenvalue weighted by atomic mass is 9.87. The summed E-state index contributed by atoms with van der Waals surface area (Å²) < 4.78 is 12.3. The topological polar surface area (TPSA) is 55.8 Å². The molecule has 2 aliphatic rings. The van der Waals surface area contributed by atoms with Crippen molar-refractivity contribution in [3.63, 3.8) is 0 Å². The van der Waals surface area contributed by atoms with E-state index < -0.39 is 24.1 Å². The summed E-state index contributed by atoms with van der Waals surface area (Å²) in [5.41, 5.74) is 4.30. The zero-order chi connectivity index (χ0) is 24.5. The molecule has 0 aromatic heterocycles. The molecule has 1 saturated heterocycles. The lowest BCUT2D eigenvalue weighted by molar-refractivity contribution is -0.0348. The molecule has 36 heavy (non-hydrogen) atoms. The molecule has 0 amide bonds. The van der Waals surface area contributed by atoms with E-state index in [0.717, 1.165) is 16.7 Å². The maximum Gasteiger partial charge on any atom is 0.338 e. The number of rotatable bonds is 6. The number of carbonyl (C=O) groups is 2. The summed E-state index contributed by atoms with van der Waals surface area (Å²) >= 11 is 0. The predicted molar refractivity (Wildman–Crippen MR) is 135 cm³/mol. The summed E-state index contributed by atoms with van der Waals surface area (Å²) in [5.74, 6) is -0.850. The summed E-state index contributed by atoms with van der Waals surface area (Å²) in [6, 6.07) is 35.8. The molecule has 4 unspecified atom stereocenters. The van der Waals surface area contributed by atoms with Crippen molar-refractivity contribution in [2.24, 2.45) is 0 Å². The highest BCUT2D eigenvalue weighted by molar-refractivity contribution is 5.90. The smallest absolute Gasteiger partial charge is 0.338 e. The first kappa shape index (κ1) is 22.3. The van der Waals surface area contributed by atoms with Gasteiger partial charge < -0.3 is 9.47 Å². The van der Waals surface area contributed by atoms with Crippen LogP contribution in [0.5, 0.6) is 0 Å². The van der Waals surface area contributed by atoms with Crippen LogP contribution in [0.4, 0.5) is 0 Å². The fourth-order valence-electron chi connectivity index (χ4n) is 5.46. The van der Waals surface area contributed by atoms with Crippen molar-refractivity contribution >= 4 is 11.9 Å². The largest absolute Gasteiger partial charge is 0.453 e. The van der Waals surface area contributed by atoms with Crippen LogP contribution in [-0.4, -0.2) is 29.0 Å². The lowest BCUT2D eigenvalue weighted by Crippen LogP contribution is -2.39. The Morgan fingerprint density at radius 1 is 0.556 bits per heavy atom. The fraction of sp³-hybridized carbons (Fsp3) is 0.161. The maximum absolute atomic E-state index is 13.2. The van der Waals surface area contributed by atoms with Crippen molar-refractivity contribution < 1.29 is 19.1 Å². The minimum atomic E-state index is -0.644. The second-order valence-electron chi connectivity index (χ2n) is 9.15. The number of nitrogens with zero attached hydrogens (tertiary/aromatic N) is 1. The van der Waals surface area contributed by atoms with Gasteiger partial charge in [-0.1, -0.05) is 91.0 Å². The molecule has 0 spiro atoms. The third-order valence-electron chi connectivity index (χ3n) is 7.01. The van der Waals surface area contributed by atoms with E-state index in [0.29, 0.717) is 17.7 Å². The van der Waals surface area contributed by atoms with Gasteiger partial charge in [0, 0.05) is 6.54 Å². The van der Waals surface area contributed by atoms with Gasteiger partial charge in [-0.3, -0.25) is 4.90 Å². The molecule has 5 heteroatoms. The van der Waals surface area contributed by atoms with E-state index in [4.69, 9.17) is 9.47 Å². The molecule has 2 aliphatic heterocycles. The first-order valence-corrected chi connectivity index (χ1v) is 12.1. The lowest BCUT2D eigenvalue weighted by Gasteiger charge is -2.30. The Labute approximate surface area is 209 Å². The fourth-order valence-corrected chi connectivity index (χ4v) is 5.46. The van der Waals surface area contributed by atoms with E-state index in [1.165, 1.54) is 0 Å². The molecule has 6 rings (SSSR count). The van der Waals surface area contributed by atoms with Crippen LogP contribution in [0.25, 0.3) is 0 Å². The predicted octanol–water partition coefficient (Wildman–Crippen LogP) is 5.75. The minimum Gasteiger partial charge on any atom is -0.453 e. The summed E-state index contributed by atoms with van der Waals surface area (Å²) in [5, 5.41) is 0. The van der Waals surface area contributed by atoms with E-state index in [9.17, 15) is 9.59 Å². The van der Waals surface area contributed by atoms with E-state index in [-0.39, 0.29) is 12.1 Å². The Hall–Kier alpha value is -4.22.